The highest BCUT2D eigenvalue weighted by molar-refractivity contribution is 6.35. The molecule has 0 saturated heterocycles. The van der Waals surface area contributed by atoms with E-state index in [2.05, 4.69) is 5.32 Å². The smallest absolute Gasteiger partial charge is 0.251 e. The summed E-state index contributed by atoms with van der Waals surface area (Å²) in [7, 11) is 0. The van der Waals surface area contributed by atoms with Gasteiger partial charge in [0, 0.05) is 41.3 Å². The van der Waals surface area contributed by atoms with Gasteiger partial charge in [0.05, 0.1) is 0 Å². The van der Waals surface area contributed by atoms with Crippen LogP contribution in [0.15, 0.2) is 36.4 Å². The Morgan fingerprint density at radius 2 is 1.77 bits per heavy atom. The monoisotopic (exact) mass is 394 g/mol. The van der Waals surface area contributed by atoms with E-state index in [1.807, 2.05) is 0 Å². The van der Waals surface area contributed by atoms with Crippen LogP contribution in [0.4, 0.5) is 5.69 Å². The van der Waals surface area contributed by atoms with Crippen molar-refractivity contribution >= 4 is 40.7 Å². The number of fused-ring (bicyclic) bond motifs is 1. The number of amides is 2. The summed E-state index contributed by atoms with van der Waals surface area (Å²) in [6.07, 6.45) is 0. The molecule has 26 heavy (non-hydrogen) atoms. The van der Waals surface area contributed by atoms with Crippen molar-refractivity contribution in [2.45, 2.75) is 6.92 Å². The summed E-state index contributed by atoms with van der Waals surface area (Å²) in [5, 5.41) is 3.65. The van der Waals surface area contributed by atoms with Crippen LogP contribution < -0.4 is 19.7 Å². The number of nitrogens with zero attached hydrogens (tertiary/aromatic N) is 1. The molecule has 1 heterocycles. The van der Waals surface area contributed by atoms with Gasteiger partial charge in [0.15, 0.2) is 11.5 Å². The molecule has 0 aliphatic carbocycles. The van der Waals surface area contributed by atoms with Gasteiger partial charge in [-0.3, -0.25) is 9.59 Å². The van der Waals surface area contributed by atoms with Crippen LogP contribution >= 0.6 is 23.2 Å². The van der Waals surface area contributed by atoms with Gasteiger partial charge in [-0.2, -0.15) is 0 Å². The standard InChI is InChI=1S/C18H16Cl2N2O4/c1-11(23)22(15-8-13(19)7-14(20)9-15)5-4-21-18(24)12-2-3-16-17(6-12)26-10-25-16/h2-3,6-9H,4-5,10H2,1H3,(H,21,24). The first-order chi connectivity index (χ1) is 12.4. The fourth-order valence-corrected chi connectivity index (χ4v) is 3.10. The number of hydrogen-bond donors (Lipinski definition) is 1. The molecule has 1 aliphatic heterocycles. The minimum absolute atomic E-state index is 0.149. The molecule has 0 unspecified atom stereocenters. The summed E-state index contributed by atoms with van der Waals surface area (Å²) in [6.45, 7) is 2.13. The summed E-state index contributed by atoms with van der Waals surface area (Å²) in [5.74, 6) is 0.704. The molecule has 8 heteroatoms. The molecule has 0 aromatic heterocycles. The van der Waals surface area contributed by atoms with E-state index in [0.717, 1.165) is 0 Å². The third-order valence-electron chi connectivity index (χ3n) is 3.79. The number of nitrogens with one attached hydrogen (secondary N) is 1. The third kappa shape index (κ3) is 4.20. The van der Waals surface area contributed by atoms with Crippen LogP contribution in [-0.4, -0.2) is 31.7 Å². The van der Waals surface area contributed by atoms with Gasteiger partial charge in [0.1, 0.15) is 0 Å². The highest BCUT2D eigenvalue weighted by Gasteiger charge is 2.17. The Hall–Kier alpha value is -2.44. The first kappa shape index (κ1) is 18.4. The zero-order valence-electron chi connectivity index (χ0n) is 13.9. The quantitative estimate of drug-likeness (QED) is 0.842. The number of ether oxygens (including phenoxy) is 2. The van der Waals surface area contributed by atoms with Crippen molar-refractivity contribution in [2.75, 3.05) is 24.8 Å². The van der Waals surface area contributed by atoms with Gasteiger partial charge in [-0.05, 0) is 36.4 Å². The van der Waals surface area contributed by atoms with Gasteiger partial charge in [-0.25, -0.2) is 0 Å². The van der Waals surface area contributed by atoms with E-state index >= 15 is 0 Å². The van der Waals surface area contributed by atoms with E-state index in [-0.39, 0.29) is 31.7 Å². The Labute approximate surface area is 160 Å². The molecule has 0 atom stereocenters. The summed E-state index contributed by atoms with van der Waals surface area (Å²) < 4.78 is 10.5. The molecule has 0 fully saturated rings. The van der Waals surface area contributed by atoms with E-state index in [1.165, 1.54) is 11.8 Å². The van der Waals surface area contributed by atoms with Crippen LogP contribution in [0.2, 0.25) is 10.0 Å². The number of halogens is 2. The molecular formula is C18H16Cl2N2O4. The van der Waals surface area contributed by atoms with Crippen LogP contribution in [0.3, 0.4) is 0 Å². The molecule has 1 N–H and O–H groups in total. The summed E-state index contributed by atoms with van der Waals surface area (Å²) in [4.78, 5) is 25.7. The predicted octanol–water partition coefficient (Wildman–Crippen LogP) is 3.51. The van der Waals surface area contributed by atoms with Crippen LogP contribution in [0, 0.1) is 0 Å². The first-order valence-corrected chi connectivity index (χ1v) is 8.61. The van der Waals surface area contributed by atoms with Gasteiger partial charge in [0.25, 0.3) is 5.91 Å². The van der Waals surface area contributed by atoms with Crippen molar-refractivity contribution in [1.82, 2.24) is 5.32 Å². The molecule has 2 amide bonds. The minimum Gasteiger partial charge on any atom is -0.454 e. The van der Waals surface area contributed by atoms with Crippen LogP contribution in [0.25, 0.3) is 0 Å². The number of hydrogen-bond acceptors (Lipinski definition) is 4. The lowest BCUT2D eigenvalue weighted by atomic mass is 10.2. The fraction of sp³-hybridized carbons (Fsp3) is 0.222. The predicted molar refractivity (Wildman–Crippen MR) is 99.4 cm³/mol. The third-order valence-corrected chi connectivity index (χ3v) is 4.23. The van der Waals surface area contributed by atoms with Gasteiger partial charge in [0.2, 0.25) is 12.7 Å². The van der Waals surface area contributed by atoms with E-state index in [9.17, 15) is 9.59 Å². The van der Waals surface area contributed by atoms with Crippen molar-refractivity contribution in [2.24, 2.45) is 0 Å². The van der Waals surface area contributed by atoms with Crippen LogP contribution in [0.5, 0.6) is 11.5 Å². The molecule has 2 aromatic carbocycles. The first-order valence-electron chi connectivity index (χ1n) is 7.86. The maximum atomic E-state index is 12.3. The number of anilines is 1. The summed E-state index contributed by atoms with van der Waals surface area (Å²) >= 11 is 12.0. The summed E-state index contributed by atoms with van der Waals surface area (Å²) in [6, 6.07) is 9.85. The molecule has 0 radical (unpaired) electrons. The van der Waals surface area contributed by atoms with E-state index in [1.54, 1.807) is 36.4 Å². The van der Waals surface area contributed by atoms with Crippen molar-refractivity contribution in [3.63, 3.8) is 0 Å². The SMILES string of the molecule is CC(=O)N(CCNC(=O)c1ccc2c(c1)OCO2)c1cc(Cl)cc(Cl)c1. The van der Waals surface area contributed by atoms with Gasteiger partial charge < -0.3 is 19.7 Å². The molecule has 6 nitrogen and oxygen atoms in total. The Kier molecular flexibility index (Phi) is 5.54. The molecule has 136 valence electrons. The number of carbonyl (C=O) groups is 2. The molecule has 0 spiro atoms. The van der Waals surface area contributed by atoms with Crippen LogP contribution in [0.1, 0.15) is 17.3 Å². The number of benzene rings is 2. The van der Waals surface area contributed by atoms with Crippen molar-refractivity contribution in [1.29, 1.82) is 0 Å². The normalized spacial score (nSPS) is 12.0. The topological polar surface area (TPSA) is 67.9 Å². The lowest BCUT2D eigenvalue weighted by Crippen LogP contribution is -2.37. The van der Waals surface area contributed by atoms with Gasteiger partial charge >= 0.3 is 0 Å². The highest BCUT2D eigenvalue weighted by atomic mass is 35.5. The van der Waals surface area contributed by atoms with Gasteiger partial charge in [-0.1, -0.05) is 23.2 Å². The van der Waals surface area contributed by atoms with Crippen LogP contribution in [-0.2, 0) is 4.79 Å². The second-order valence-electron chi connectivity index (χ2n) is 5.62. The Morgan fingerprint density at radius 1 is 1.08 bits per heavy atom. The second kappa shape index (κ2) is 7.85. The summed E-state index contributed by atoms with van der Waals surface area (Å²) in [5.41, 5.74) is 1.03. The van der Waals surface area contributed by atoms with E-state index in [4.69, 9.17) is 32.7 Å². The lowest BCUT2D eigenvalue weighted by Gasteiger charge is -2.22. The van der Waals surface area contributed by atoms with Crippen molar-refractivity contribution in [3.8, 4) is 11.5 Å². The Bertz CT molecular complexity index is 837. The fourth-order valence-electron chi connectivity index (χ4n) is 2.58. The largest absolute Gasteiger partial charge is 0.454 e. The maximum Gasteiger partial charge on any atom is 0.251 e. The molecule has 0 bridgehead atoms. The molecule has 1 aliphatic rings. The maximum absolute atomic E-state index is 12.3. The van der Waals surface area contributed by atoms with E-state index in [0.29, 0.717) is 32.8 Å². The molecular weight excluding hydrogens is 379 g/mol. The number of carbonyl (C=O) groups excluding carboxylic acids is 2. The average molecular weight is 395 g/mol. The van der Waals surface area contributed by atoms with E-state index < -0.39 is 0 Å². The minimum atomic E-state index is -0.268. The lowest BCUT2D eigenvalue weighted by molar-refractivity contribution is -0.116. The Balaban J connectivity index is 1.63. The average Bonchev–Trinajstić information content (AvgIpc) is 3.04. The Morgan fingerprint density at radius 3 is 2.46 bits per heavy atom. The van der Waals surface area contributed by atoms with Crippen molar-refractivity contribution in [3.05, 3.63) is 52.0 Å². The zero-order chi connectivity index (χ0) is 18.7. The molecule has 3 rings (SSSR count). The highest BCUT2D eigenvalue weighted by Crippen LogP contribution is 2.32. The number of rotatable bonds is 5. The zero-order valence-corrected chi connectivity index (χ0v) is 15.4. The second-order valence-corrected chi connectivity index (χ2v) is 6.50. The molecule has 2 aromatic rings. The molecule has 0 saturated carbocycles. The van der Waals surface area contributed by atoms with Gasteiger partial charge in [-0.15, -0.1) is 0 Å². The van der Waals surface area contributed by atoms with Crippen molar-refractivity contribution < 1.29 is 19.1 Å².